The van der Waals surface area contributed by atoms with Gasteiger partial charge in [-0.3, -0.25) is 9.80 Å². The molecule has 2 aromatic carbocycles. The molecular formula is C18H18BrF3N2. The highest BCUT2D eigenvalue weighted by atomic mass is 79.9. The van der Waals surface area contributed by atoms with E-state index in [1.807, 2.05) is 6.07 Å². The molecule has 1 aliphatic heterocycles. The van der Waals surface area contributed by atoms with E-state index in [2.05, 4.69) is 25.7 Å². The van der Waals surface area contributed by atoms with Crippen LogP contribution in [-0.2, 0) is 13.1 Å². The van der Waals surface area contributed by atoms with Crippen molar-refractivity contribution >= 4 is 15.9 Å². The van der Waals surface area contributed by atoms with Crippen LogP contribution in [0.3, 0.4) is 0 Å². The molecule has 0 radical (unpaired) electrons. The number of nitrogens with zero attached hydrogens (tertiary/aromatic N) is 2. The molecule has 1 saturated heterocycles. The molecule has 0 bridgehead atoms. The van der Waals surface area contributed by atoms with E-state index >= 15 is 0 Å². The molecule has 2 nitrogen and oxygen atoms in total. The van der Waals surface area contributed by atoms with Crippen molar-refractivity contribution in [2.24, 2.45) is 0 Å². The second-order valence-electron chi connectivity index (χ2n) is 6.01. The number of hydrogen-bond acceptors (Lipinski definition) is 2. The second-order valence-corrected chi connectivity index (χ2v) is 6.87. The average Bonchev–Trinajstić information content (AvgIpc) is 2.57. The summed E-state index contributed by atoms with van der Waals surface area (Å²) in [7, 11) is 0. The summed E-state index contributed by atoms with van der Waals surface area (Å²) < 4.78 is 40.8. The third kappa shape index (κ3) is 4.18. The average molecular weight is 399 g/mol. The SMILES string of the molecule is Fc1ccc(CN2CCN(Cc3cccc(Br)c3F)CC2)cc1F. The topological polar surface area (TPSA) is 6.48 Å². The Kier molecular flexibility index (Phi) is 5.58. The van der Waals surface area contributed by atoms with Gasteiger partial charge in [-0.1, -0.05) is 18.2 Å². The van der Waals surface area contributed by atoms with Gasteiger partial charge >= 0.3 is 0 Å². The Morgan fingerprint density at radius 2 is 1.50 bits per heavy atom. The first-order valence-electron chi connectivity index (χ1n) is 7.84. The summed E-state index contributed by atoms with van der Waals surface area (Å²) in [6.45, 7) is 4.43. The van der Waals surface area contributed by atoms with Crippen LogP contribution in [0.5, 0.6) is 0 Å². The predicted octanol–water partition coefficient (Wildman–Crippen LogP) is 4.18. The molecule has 0 atom stereocenters. The lowest BCUT2D eigenvalue weighted by atomic mass is 10.1. The van der Waals surface area contributed by atoms with Crippen molar-refractivity contribution in [2.45, 2.75) is 13.1 Å². The van der Waals surface area contributed by atoms with Gasteiger partial charge < -0.3 is 0 Å². The fourth-order valence-electron chi connectivity index (χ4n) is 2.91. The summed E-state index contributed by atoms with van der Waals surface area (Å²) in [5.41, 5.74) is 1.44. The summed E-state index contributed by atoms with van der Waals surface area (Å²) >= 11 is 3.21. The lowest BCUT2D eigenvalue weighted by Crippen LogP contribution is -2.45. The van der Waals surface area contributed by atoms with Gasteiger partial charge in [-0.15, -0.1) is 0 Å². The third-order valence-electron chi connectivity index (χ3n) is 4.28. The maximum atomic E-state index is 14.0. The van der Waals surface area contributed by atoms with Crippen LogP contribution < -0.4 is 0 Å². The third-order valence-corrected chi connectivity index (χ3v) is 4.89. The van der Waals surface area contributed by atoms with Gasteiger partial charge in [0.1, 0.15) is 5.82 Å². The molecule has 0 spiro atoms. The minimum absolute atomic E-state index is 0.207. The number of rotatable bonds is 4. The maximum Gasteiger partial charge on any atom is 0.159 e. The molecular weight excluding hydrogens is 381 g/mol. The van der Waals surface area contributed by atoms with Crippen molar-refractivity contribution in [3.05, 3.63) is 69.4 Å². The number of halogens is 4. The van der Waals surface area contributed by atoms with Crippen molar-refractivity contribution in [1.29, 1.82) is 0 Å². The van der Waals surface area contributed by atoms with Gasteiger partial charge in [0.25, 0.3) is 0 Å². The molecule has 3 rings (SSSR count). The molecule has 6 heteroatoms. The van der Waals surface area contributed by atoms with Gasteiger partial charge in [-0.2, -0.15) is 0 Å². The molecule has 2 aromatic rings. The molecule has 0 aromatic heterocycles. The second kappa shape index (κ2) is 7.68. The summed E-state index contributed by atoms with van der Waals surface area (Å²) in [6, 6.07) is 9.35. The molecule has 1 aliphatic rings. The first kappa shape index (κ1) is 17.5. The Balaban J connectivity index is 1.54. The van der Waals surface area contributed by atoms with Crippen LogP contribution in [0, 0.1) is 17.5 Å². The highest BCUT2D eigenvalue weighted by Gasteiger charge is 2.19. The van der Waals surface area contributed by atoms with Gasteiger partial charge in [-0.25, -0.2) is 13.2 Å². The minimum atomic E-state index is -0.820. The standard InChI is InChI=1S/C18H18BrF3N2/c19-15-3-1-2-14(18(15)22)12-24-8-6-23(7-9-24)11-13-4-5-16(20)17(21)10-13/h1-5,10H,6-9,11-12H2. The van der Waals surface area contributed by atoms with Crippen molar-refractivity contribution in [3.63, 3.8) is 0 Å². The van der Waals surface area contributed by atoms with E-state index in [0.717, 1.165) is 37.8 Å². The Morgan fingerprint density at radius 1 is 0.833 bits per heavy atom. The lowest BCUT2D eigenvalue weighted by molar-refractivity contribution is 0.121. The molecule has 0 N–H and O–H groups in total. The quantitative estimate of drug-likeness (QED) is 0.761. The van der Waals surface area contributed by atoms with E-state index in [9.17, 15) is 13.2 Å². The smallest absolute Gasteiger partial charge is 0.159 e. The van der Waals surface area contributed by atoms with Gasteiger partial charge in [0.2, 0.25) is 0 Å². The van der Waals surface area contributed by atoms with Crippen molar-refractivity contribution < 1.29 is 13.2 Å². The predicted molar refractivity (Wildman–Crippen MR) is 91.0 cm³/mol. The van der Waals surface area contributed by atoms with Crippen LogP contribution in [0.25, 0.3) is 0 Å². The zero-order chi connectivity index (χ0) is 17.1. The summed E-state index contributed by atoms with van der Waals surface area (Å²) in [6.07, 6.45) is 0. The number of benzene rings is 2. The first-order chi connectivity index (χ1) is 11.5. The normalized spacial score (nSPS) is 16.5. The van der Waals surface area contributed by atoms with Crippen LogP contribution in [0.15, 0.2) is 40.9 Å². The fraction of sp³-hybridized carbons (Fsp3) is 0.333. The van der Waals surface area contributed by atoms with E-state index in [0.29, 0.717) is 23.1 Å². The highest BCUT2D eigenvalue weighted by Crippen LogP contribution is 2.20. The van der Waals surface area contributed by atoms with Crippen LogP contribution in [0.2, 0.25) is 0 Å². The van der Waals surface area contributed by atoms with Crippen LogP contribution in [0.4, 0.5) is 13.2 Å². The van der Waals surface area contributed by atoms with Crippen molar-refractivity contribution in [3.8, 4) is 0 Å². The summed E-state index contributed by atoms with van der Waals surface area (Å²) in [4.78, 5) is 4.40. The first-order valence-corrected chi connectivity index (χ1v) is 8.64. The Hall–Kier alpha value is -1.37. The lowest BCUT2D eigenvalue weighted by Gasteiger charge is -2.34. The largest absolute Gasteiger partial charge is 0.297 e. The van der Waals surface area contributed by atoms with E-state index < -0.39 is 11.6 Å². The van der Waals surface area contributed by atoms with Gasteiger partial charge in [0.15, 0.2) is 11.6 Å². The van der Waals surface area contributed by atoms with Crippen LogP contribution in [-0.4, -0.2) is 36.0 Å². The Morgan fingerprint density at radius 3 is 2.17 bits per heavy atom. The monoisotopic (exact) mass is 398 g/mol. The Bertz CT molecular complexity index is 715. The molecule has 1 fully saturated rings. The van der Waals surface area contributed by atoms with E-state index in [-0.39, 0.29) is 5.82 Å². The Labute approximate surface area is 148 Å². The summed E-state index contributed by atoms with van der Waals surface area (Å²) in [5, 5.41) is 0. The molecule has 24 heavy (non-hydrogen) atoms. The summed E-state index contributed by atoms with van der Waals surface area (Å²) in [5.74, 6) is -1.84. The molecule has 128 valence electrons. The van der Waals surface area contributed by atoms with Crippen LogP contribution >= 0.6 is 15.9 Å². The number of piperazine rings is 1. The van der Waals surface area contributed by atoms with E-state index in [1.165, 1.54) is 6.07 Å². The van der Waals surface area contributed by atoms with Gasteiger partial charge in [-0.05, 0) is 39.7 Å². The van der Waals surface area contributed by atoms with Gasteiger partial charge in [0.05, 0.1) is 4.47 Å². The molecule has 0 unspecified atom stereocenters. The van der Waals surface area contributed by atoms with Gasteiger partial charge in [0, 0.05) is 44.8 Å². The number of hydrogen-bond donors (Lipinski definition) is 0. The molecule has 0 amide bonds. The zero-order valence-corrected chi connectivity index (χ0v) is 14.7. The molecule has 0 aliphatic carbocycles. The maximum absolute atomic E-state index is 14.0. The van der Waals surface area contributed by atoms with Crippen LogP contribution in [0.1, 0.15) is 11.1 Å². The minimum Gasteiger partial charge on any atom is -0.297 e. The van der Waals surface area contributed by atoms with Crippen molar-refractivity contribution in [2.75, 3.05) is 26.2 Å². The van der Waals surface area contributed by atoms with Crippen molar-refractivity contribution in [1.82, 2.24) is 9.80 Å². The van der Waals surface area contributed by atoms with E-state index in [4.69, 9.17) is 0 Å². The van der Waals surface area contributed by atoms with E-state index in [1.54, 1.807) is 18.2 Å². The molecule has 0 saturated carbocycles. The highest BCUT2D eigenvalue weighted by molar-refractivity contribution is 9.10. The zero-order valence-electron chi connectivity index (χ0n) is 13.1. The molecule has 1 heterocycles. The fourth-order valence-corrected chi connectivity index (χ4v) is 3.32.